The number of hydrogen-bond donors (Lipinski definition) is 0. The zero-order chi connectivity index (χ0) is 15.5. The Hall–Kier alpha value is -2.89. The lowest BCUT2D eigenvalue weighted by Crippen LogP contribution is -2.11. The van der Waals surface area contributed by atoms with E-state index in [9.17, 15) is 4.79 Å². The van der Waals surface area contributed by atoms with E-state index in [1.807, 2.05) is 37.4 Å². The number of aryl methyl sites for hydroxylation is 2. The van der Waals surface area contributed by atoms with E-state index in [4.69, 9.17) is 4.74 Å². The Morgan fingerprint density at radius 1 is 1.23 bits per heavy atom. The van der Waals surface area contributed by atoms with Gasteiger partial charge in [-0.3, -0.25) is 4.68 Å². The maximum atomic E-state index is 12.0. The molecular formula is C16H16N4O2. The summed E-state index contributed by atoms with van der Waals surface area (Å²) in [7, 11) is 1.71. The van der Waals surface area contributed by atoms with Gasteiger partial charge in [-0.1, -0.05) is 6.07 Å². The van der Waals surface area contributed by atoms with Crippen molar-refractivity contribution in [2.24, 2.45) is 7.05 Å². The molecule has 0 aliphatic carbocycles. The molecule has 2 aromatic heterocycles. The van der Waals surface area contributed by atoms with Crippen molar-refractivity contribution < 1.29 is 9.53 Å². The zero-order valence-electron chi connectivity index (χ0n) is 12.4. The van der Waals surface area contributed by atoms with Crippen molar-refractivity contribution in [2.45, 2.75) is 13.5 Å². The minimum Gasteiger partial charge on any atom is -0.456 e. The highest BCUT2D eigenvalue weighted by Gasteiger charge is 2.12. The molecule has 0 saturated heterocycles. The van der Waals surface area contributed by atoms with Gasteiger partial charge >= 0.3 is 5.97 Å². The molecule has 2 heterocycles. The third-order valence-electron chi connectivity index (χ3n) is 3.48. The summed E-state index contributed by atoms with van der Waals surface area (Å²) in [5.41, 5.74) is 3.42. The number of rotatable bonds is 4. The standard InChI is InChI=1S/C16H16N4O2/c1-12-10-14(20-9-3-7-18-20)5-4-13(12)11-22-16(21)15-6-8-17-19(15)2/h3-10H,11H2,1-2H3. The highest BCUT2D eigenvalue weighted by Crippen LogP contribution is 2.15. The molecule has 3 aromatic rings. The van der Waals surface area contributed by atoms with Gasteiger partial charge in [0.05, 0.1) is 5.69 Å². The minimum atomic E-state index is -0.379. The SMILES string of the molecule is Cc1cc(-n2cccn2)ccc1COC(=O)c1ccnn1C. The van der Waals surface area contributed by atoms with Crippen molar-refractivity contribution in [1.82, 2.24) is 19.6 Å². The van der Waals surface area contributed by atoms with E-state index in [1.165, 1.54) is 4.68 Å². The summed E-state index contributed by atoms with van der Waals surface area (Å²) in [5, 5.41) is 8.15. The molecule has 0 atom stereocenters. The fourth-order valence-corrected chi connectivity index (χ4v) is 2.20. The fraction of sp³-hybridized carbons (Fsp3) is 0.188. The van der Waals surface area contributed by atoms with Gasteiger partial charge in [0.25, 0.3) is 0 Å². The van der Waals surface area contributed by atoms with Gasteiger partial charge in [-0.2, -0.15) is 10.2 Å². The van der Waals surface area contributed by atoms with Crippen LogP contribution in [-0.4, -0.2) is 25.5 Å². The van der Waals surface area contributed by atoms with Gasteiger partial charge < -0.3 is 4.74 Å². The van der Waals surface area contributed by atoms with Crippen molar-refractivity contribution in [1.29, 1.82) is 0 Å². The first-order valence-electron chi connectivity index (χ1n) is 6.90. The smallest absolute Gasteiger partial charge is 0.356 e. The average Bonchev–Trinajstić information content (AvgIpc) is 3.17. The quantitative estimate of drug-likeness (QED) is 0.693. The number of esters is 1. The van der Waals surface area contributed by atoms with Crippen molar-refractivity contribution in [3.05, 3.63) is 65.7 Å². The second-order valence-electron chi connectivity index (χ2n) is 4.98. The predicted octanol–water partition coefficient (Wildman–Crippen LogP) is 2.27. The molecule has 0 bridgehead atoms. The second kappa shape index (κ2) is 5.85. The normalized spacial score (nSPS) is 10.6. The molecule has 0 N–H and O–H groups in total. The van der Waals surface area contributed by atoms with E-state index in [-0.39, 0.29) is 12.6 Å². The lowest BCUT2D eigenvalue weighted by Gasteiger charge is -2.10. The fourth-order valence-electron chi connectivity index (χ4n) is 2.20. The molecule has 0 aliphatic heterocycles. The van der Waals surface area contributed by atoms with E-state index in [1.54, 1.807) is 30.2 Å². The highest BCUT2D eigenvalue weighted by molar-refractivity contribution is 5.87. The first-order valence-corrected chi connectivity index (χ1v) is 6.90. The first-order chi connectivity index (χ1) is 10.6. The highest BCUT2D eigenvalue weighted by atomic mass is 16.5. The number of carbonyl (C=O) groups is 1. The third kappa shape index (κ3) is 2.76. The summed E-state index contributed by atoms with van der Waals surface area (Å²) in [6.45, 7) is 2.22. The van der Waals surface area contributed by atoms with Crippen LogP contribution in [0.15, 0.2) is 48.9 Å². The van der Waals surface area contributed by atoms with Gasteiger partial charge in [-0.15, -0.1) is 0 Å². The van der Waals surface area contributed by atoms with E-state index >= 15 is 0 Å². The number of benzene rings is 1. The van der Waals surface area contributed by atoms with E-state index in [0.29, 0.717) is 5.69 Å². The van der Waals surface area contributed by atoms with Crippen LogP contribution in [0.25, 0.3) is 5.69 Å². The maximum absolute atomic E-state index is 12.0. The minimum absolute atomic E-state index is 0.231. The Bertz CT molecular complexity index is 790. The monoisotopic (exact) mass is 296 g/mol. The van der Waals surface area contributed by atoms with Crippen molar-refractivity contribution >= 4 is 5.97 Å². The second-order valence-corrected chi connectivity index (χ2v) is 4.98. The van der Waals surface area contributed by atoms with E-state index < -0.39 is 0 Å². The Morgan fingerprint density at radius 3 is 2.73 bits per heavy atom. The van der Waals surface area contributed by atoms with Crippen LogP contribution in [0.3, 0.4) is 0 Å². The predicted molar refractivity (Wildman–Crippen MR) is 80.6 cm³/mol. The van der Waals surface area contributed by atoms with Crippen LogP contribution in [0.5, 0.6) is 0 Å². The molecule has 6 heteroatoms. The van der Waals surface area contributed by atoms with Crippen LogP contribution in [0, 0.1) is 6.92 Å². The van der Waals surface area contributed by atoms with Crippen LogP contribution in [-0.2, 0) is 18.4 Å². The molecule has 1 aromatic carbocycles. The molecule has 0 radical (unpaired) electrons. The van der Waals surface area contributed by atoms with Crippen LogP contribution in [0.1, 0.15) is 21.6 Å². The summed E-state index contributed by atoms with van der Waals surface area (Å²) in [6.07, 6.45) is 5.19. The van der Waals surface area contributed by atoms with Gasteiger partial charge in [0.1, 0.15) is 12.3 Å². The van der Waals surface area contributed by atoms with Gasteiger partial charge in [-0.05, 0) is 42.3 Å². The lowest BCUT2D eigenvalue weighted by atomic mass is 10.1. The number of aromatic nitrogens is 4. The molecule has 112 valence electrons. The van der Waals surface area contributed by atoms with Crippen LogP contribution in [0.2, 0.25) is 0 Å². The van der Waals surface area contributed by atoms with Crippen LogP contribution >= 0.6 is 0 Å². The average molecular weight is 296 g/mol. The van der Waals surface area contributed by atoms with Gasteiger partial charge in [0.2, 0.25) is 0 Å². The number of nitrogens with zero attached hydrogens (tertiary/aromatic N) is 4. The molecule has 0 amide bonds. The van der Waals surface area contributed by atoms with E-state index in [0.717, 1.165) is 16.8 Å². The van der Waals surface area contributed by atoms with Crippen LogP contribution < -0.4 is 0 Å². The summed E-state index contributed by atoms with van der Waals surface area (Å²) < 4.78 is 8.63. The Morgan fingerprint density at radius 2 is 2.09 bits per heavy atom. The van der Waals surface area contributed by atoms with Crippen molar-refractivity contribution in [3.63, 3.8) is 0 Å². The Balaban J connectivity index is 1.71. The summed E-state index contributed by atoms with van der Waals surface area (Å²) >= 11 is 0. The summed E-state index contributed by atoms with van der Waals surface area (Å²) in [6, 6.07) is 9.42. The molecule has 0 aliphatic rings. The molecule has 0 unspecified atom stereocenters. The molecule has 3 rings (SSSR count). The lowest BCUT2D eigenvalue weighted by molar-refractivity contribution is 0.0459. The van der Waals surface area contributed by atoms with Crippen molar-refractivity contribution in [2.75, 3.05) is 0 Å². The zero-order valence-corrected chi connectivity index (χ0v) is 12.4. The maximum Gasteiger partial charge on any atom is 0.356 e. The Labute approximate surface area is 127 Å². The summed E-state index contributed by atoms with van der Waals surface area (Å²) in [4.78, 5) is 12.0. The Kier molecular flexibility index (Phi) is 3.74. The topological polar surface area (TPSA) is 61.9 Å². The molecular weight excluding hydrogens is 280 g/mol. The number of carbonyl (C=O) groups excluding carboxylic acids is 1. The molecule has 0 saturated carbocycles. The molecule has 0 fully saturated rings. The molecule has 0 spiro atoms. The van der Waals surface area contributed by atoms with Crippen LogP contribution in [0.4, 0.5) is 0 Å². The third-order valence-corrected chi connectivity index (χ3v) is 3.48. The van der Waals surface area contributed by atoms with Gasteiger partial charge in [0.15, 0.2) is 0 Å². The largest absolute Gasteiger partial charge is 0.456 e. The number of ether oxygens (including phenoxy) is 1. The first kappa shape index (κ1) is 14.1. The molecule has 22 heavy (non-hydrogen) atoms. The molecule has 6 nitrogen and oxygen atoms in total. The summed E-state index contributed by atoms with van der Waals surface area (Å²) in [5.74, 6) is -0.379. The van der Waals surface area contributed by atoms with Gasteiger partial charge in [-0.25, -0.2) is 9.48 Å². The van der Waals surface area contributed by atoms with E-state index in [2.05, 4.69) is 10.2 Å². The number of hydrogen-bond acceptors (Lipinski definition) is 4. The van der Waals surface area contributed by atoms with Gasteiger partial charge in [0, 0.05) is 25.6 Å². The van der Waals surface area contributed by atoms with Crippen molar-refractivity contribution in [3.8, 4) is 5.69 Å².